The fourth-order valence-corrected chi connectivity index (χ4v) is 2.66. The number of carbonyl (C=O) groups excluding carboxylic acids is 2. The number of carbonyl (C=O) groups is 2. The molecule has 1 rings (SSSR count). The van der Waals surface area contributed by atoms with Gasteiger partial charge in [0.1, 0.15) is 18.3 Å². The third-order valence-electron chi connectivity index (χ3n) is 4.04. The van der Waals surface area contributed by atoms with Crippen LogP contribution in [0.1, 0.15) is 33.1 Å². The molecule has 1 saturated heterocycles. The molecule has 1 aliphatic heterocycles. The van der Waals surface area contributed by atoms with Crippen LogP contribution in [0, 0.1) is 0 Å². The maximum atomic E-state index is 12.2. The van der Waals surface area contributed by atoms with Crippen LogP contribution >= 0.6 is 0 Å². The Morgan fingerprint density at radius 1 is 1.36 bits per heavy atom. The first-order valence-electron chi connectivity index (χ1n) is 8.27. The molecule has 146 valence electrons. The molecule has 0 aliphatic carbocycles. The maximum Gasteiger partial charge on any atom is 0.280 e. The molecule has 0 bridgehead atoms. The van der Waals surface area contributed by atoms with Crippen LogP contribution in [0.4, 0.5) is 0 Å². The van der Waals surface area contributed by atoms with Crippen molar-refractivity contribution < 1.29 is 39.9 Å². The molecule has 10 nitrogen and oxygen atoms in total. The normalized spacial score (nSPS) is 31.9. The highest BCUT2D eigenvalue weighted by Crippen LogP contribution is 2.30. The number of rotatable bonds is 8. The number of nitrogens with one attached hydrogen (secondary N) is 2. The Kier molecular flexibility index (Phi) is 8.19. The van der Waals surface area contributed by atoms with Crippen molar-refractivity contribution in [2.45, 2.75) is 69.4 Å². The van der Waals surface area contributed by atoms with E-state index in [0.717, 1.165) is 6.42 Å². The van der Waals surface area contributed by atoms with E-state index in [1.54, 1.807) is 0 Å². The summed E-state index contributed by atoms with van der Waals surface area (Å²) in [7, 11) is 0. The molecule has 0 aromatic carbocycles. The third-order valence-corrected chi connectivity index (χ3v) is 4.04. The van der Waals surface area contributed by atoms with E-state index in [4.69, 9.17) is 9.84 Å². The van der Waals surface area contributed by atoms with Crippen LogP contribution in [0.2, 0.25) is 0 Å². The molecular weight excluding hydrogens is 336 g/mol. The SMILES string of the molecule is CCCCNC(=O)[C@]1(O)C[C@H](O)[C@@H](NC(C)=O)[C@H]([C@H](O)[C@H](O)CO)O1. The van der Waals surface area contributed by atoms with Gasteiger partial charge in [0.15, 0.2) is 0 Å². The van der Waals surface area contributed by atoms with Gasteiger partial charge in [-0.2, -0.15) is 0 Å². The van der Waals surface area contributed by atoms with Gasteiger partial charge in [-0.3, -0.25) is 9.59 Å². The van der Waals surface area contributed by atoms with Crippen LogP contribution in [-0.4, -0.2) is 86.7 Å². The predicted octanol–water partition coefficient (Wildman–Crippen LogP) is -3.04. The van der Waals surface area contributed by atoms with Crippen molar-refractivity contribution in [3.05, 3.63) is 0 Å². The Balaban J connectivity index is 3.00. The van der Waals surface area contributed by atoms with Gasteiger partial charge in [-0.25, -0.2) is 0 Å². The summed E-state index contributed by atoms with van der Waals surface area (Å²) < 4.78 is 5.28. The molecule has 0 radical (unpaired) electrons. The number of ether oxygens (including phenoxy) is 1. The summed E-state index contributed by atoms with van der Waals surface area (Å²) in [6.45, 7) is 2.57. The van der Waals surface area contributed by atoms with Crippen LogP contribution in [0.3, 0.4) is 0 Å². The average molecular weight is 364 g/mol. The largest absolute Gasteiger partial charge is 0.394 e. The van der Waals surface area contributed by atoms with Gasteiger partial charge in [-0.05, 0) is 6.42 Å². The lowest BCUT2D eigenvalue weighted by molar-refractivity contribution is -0.287. The van der Waals surface area contributed by atoms with Gasteiger partial charge in [0.2, 0.25) is 11.7 Å². The number of amides is 2. The second-order valence-electron chi connectivity index (χ2n) is 6.21. The molecule has 0 unspecified atom stereocenters. The summed E-state index contributed by atoms with van der Waals surface area (Å²) in [5.74, 6) is -3.87. The molecule has 7 N–H and O–H groups in total. The van der Waals surface area contributed by atoms with Crippen LogP contribution in [0.5, 0.6) is 0 Å². The fourth-order valence-electron chi connectivity index (χ4n) is 2.66. The van der Waals surface area contributed by atoms with E-state index in [1.165, 1.54) is 6.92 Å². The highest BCUT2D eigenvalue weighted by Gasteiger charge is 2.53. The molecule has 1 heterocycles. The topological polar surface area (TPSA) is 169 Å². The van der Waals surface area contributed by atoms with Gasteiger partial charge in [0, 0.05) is 19.9 Å². The summed E-state index contributed by atoms with van der Waals surface area (Å²) in [6.07, 6.45) is -5.40. The minimum Gasteiger partial charge on any atom is -0.394 e. The summed E-state index contributed by atoms with van der Waals surface area (Å²) in [5, 5.41) is 54.3. The smallest absolute Gasteiger partial charge is 0.280 e. The molecule has 10 heteroatoms. The summed E-state index contributed by atoms with van der Waals surface area (Å²) >= 11 is 0. The molecule has 0 aromatic heterocycles. The first kappa shape index (κ1) is 21.7. The molecule has 2 amide bonds. The Morgan fingerprint density at radius 2 is 2.00 bits per heavy atom. The van der Waals surface area contributed by atoms with Gasteiger partial charge in [-0.1, -0.05) is 13.3 Å². The summed E-state index contributed by atoms with van der Waals surface area (Å²) in [4.78, 5) is 23.5. The Bertz CT molecular complexity index is 463. The minimum atomic E-state index is -2.44. The molecule has 0 saturated carbocycles. The van der Waals surface area contributed by atoms with E-state index in [0.29, 0.717) is 13.0 Å². The van der Waals surface area contributed by atoms with Gasteiger partial charge < -0.3 is 40.9 Å². The lowest BCUT2D eigenvalue weighted by atomic mass is 9.88. The highest BCUT2D eigenvalue weighted by molar-refractivity contribution is 5.83. The van der Waals surface area contributed by atoms with Crippen LogP contribution < -0.4 is 10.6 Å². The van der Waals surface area contributed by atoms with Crippen LogP contribution in [-0.2, 0) is 14.3 Å². The molecular formula is C15H28N2O8. The Labute approximate surface area is 145 Å². The van der Waals surface area contributed by atoms with E-state index >= 15 is 0 Å². The number of aliphatic hydroxyl groups excluding tert-OH is 4. The Hall–Kier alpha value is -1.30. The lowest BCUT2D eigenvalue weighted by Crippen LogP contribution is -2.68. The second kappa shape index (κ2) is 9.41. The van der Waals surface area contributed by atoms with E-state index < -0.39 is 61.1 Å². The monoisotopic (exact) mass is 364 g/mol. The first-order valence-corrected chi connectivity index (χ1v) is 8.27. The Morgan fingerprint density at radius 3 is 2.52 bits per heavy atom. The molecule has 0 spiro atoms. The number of hydrogen-bond acceptors (Lipinski definition) is 8. The van der Waals surface area contributed by atoms with Crippen LogP contribution in [0.25, 0.3) is 0 Å². The van der Waals surface area contributed by atoms with Crippen molar-refractivity contribution in [2.24, 2.45) is 0 Å². The van der Waals surface area contributed by atoms with Crippen molar-refractivity contribution >= 4 is 11.8 Å². The number of aliphatic hydroxyl groups is 5. The third kappa shape index (κ3) is 5.59. The summed E-state index contributed by atoms with van der Waals surface area (Å²) in [5.41, 5.74) is 0. The predicted molar refractivity (Wildman–Crippen MR) is 85.1 cm³/mol. The lowest BCUT2D eigenvalue weighted by Gasteiger charge is -2.45. The standard InChI is InChI=1S/C15H28N2O8/c1-3-4-5-16-14(23)15(24)6-9(20)11(17-8(2)19)13(25-15)12(22)10(21)7-18/h9-13,18,20-22,24H,3-7H2,1-2H3,(H,16,23)(H,17,19)/t9-,10+,11+,12+,13+,15-/m0/s1. The molecule has 25 heavy (non-hydrogen) atoms. The van der Waals surface area contributed by atoms with Crippen molar-refractivity contribution in [3.63, 3.8) is 0 Å². The zero-order chi connectivity index (χ0) is 19.2. The van der Waals surface area contributed by atoms with E-state index in [-0.39, 0.29) is 0 Å². The molecule has 0 aromatic rings. The first-order chi connectivity index (χ1) is 11.7. The molecule has 6 atom stereocenters. The maximum absolute atomic E-state index is 12.2. The van der Waals surface area contributed by atoms with Crippen LogP contribution in [0.15, 0.2) is 0 Å². The van der Waals surface area contributed by atoms with Gasteiger partial charge in [0.25, 0.3) is 5.91 Å². The van der Waals surface area contributed by atoms with E-state index in [1.807, 2.05) is 6.92 Å². The highest BCUT2D eigenvalue weighted by atomic mass is 16.6. The number of hydrogen-bond donors (Lipinski definition) is 7. The zero-order valence-corrected chi connectivity index (χ0v) is 14.4. The summed E-state index contributed by atoms with van der Waals surface area (Å²) in [6, 6.07) is -1.18. The van der Waals surface area contributed by atoms with Gasteiger partial charge in [0.05, 0.1) is 18.8 Å². The van der Waals surface area contributed by atoms with Crippen molar-refractivity contribution in [2.75, 3.05) is 13.2 Å². The zero-order valence-electron chi connectivity index (χ0n) is 14.4. The van der Waals surface area contributed by atoms with E-state index in [2.05, 4.69) is 10.6 Å². The number of unbranched alkanes of at least 4 members (excludes halogenated alkanes) is 1. The molecule has 1 aliphatic rings. The minimum absolute atomic E-state index is 0.290. The van der Waals surface area contributed by atoms with Crippen molar-refractivity contribution in [3.8, 4) is 0 Å². The molecule has 1 fully saturated rings. The average Bonchev–Trinajstić information content (AvgIpc) is 2.55. The van der Waals surface area contributed by atoms with E-state index in [9.17, 15) is 30.0 Å². The van der Waals surface area contributed by atoms with Crippen molar-refractivity contribution in [1.82, 2.24) is 10.6 Å². The quantitative estimate of drug-likeness (QED) is 0.223. The van der Waals surface area contributed by atoms with Crippen molar-refractivity contribution in [1.29, 1.82) is 0 Å². The second-order valence-corrected chi connectivity index (χ2v) is 6.21. The van der Waals surface area contributed by atoms with Gasteiger partial charge in [-0.15, -0.1) is 0 Å². The van der Waals surface area contributed by atoms with Gasteiger partial charge >= 0.3 is 0 Å². The fraction of sp³-hybridized carbons (Fsp3) is 0.867.